The summed E-state index contributed by atoms with van der Waals surface area (Å²) in [7, 11) is 0. The summed E-state index contributed by atoms with van der Waals surface area (Å²) in [5, 5.41) is 10.9. The van der Waals surface area contributed by atoms with Crippen LogP contribution in [-0.4, -0.2) is 29.1 Å². The summed E-state index contributed by atoms with van der Waals surface area (Å²) in [6.07, 6.45) is 3.13. The lowest BCUT2D eigenvalue weighted by atomic mass is 9.75. The van der Waals surface area contributed by atoms with Crippen LogP contribution in [0.5, 0.6) is 0 Å². The quantitative estimate of drug-likeness (QED) is 0.575. The molecule has 0 saturated heterocycles. The first kappa shape index (κ1) is 11.0. The first-order valence-corrected chi connectivity index (χ1v) is 4.79. The van der Waals surface area contributed by atoms with Crippen molar-refractivity contribution < 1.29 is 14.7 Å². The van der Waals surface area contributed by atoms with Gasteiger partial charge in [-0.1, -0.05) is 0 Å². The van der Waals surface area contributed by atoms with E-state index >= 15 is 0 Å². The van der Waals surface area contributed by atoms with Crippen molar-refractivity contribution in [3.63, 3.8) is 0 Å². The summed E-state index contributed by atoms with van der Waals surface area (Å²) in [5.74, 6) is -1.05. The number of hydrogen-bond acceptors (Lipinski definition) is 3. The minimum Gasteiger partial charge on any atom is -0.481 e. The van der Waals surface area contributed by atoms with Crippen LogP contribution >= 0.6 is 0 Å². The standard InChI is InChI=1S/C9H16N2O3/c10-9(3-1-4-9)6-7(12)11-5-2-8(13)14/h1-6,10H2,(H,11,12)(H,13,14). The lowest BCUT2D eigenvalue weighted by molar-refractivity contribution is -0.136. The number of carbonyl (C=O) groups is 2. The molecule has 5 heteroatoms. The first-order valence-electron chi connectivity index (χ1n) is 4.79. The summed E-state index contributed by atoms with van der Waals surface area (Å²) in [6, 6.07) is 0. The third kappa shape index (κ3) is 3.33. The molecule has 0 spiro atoms. The molecule has 1 rings (SSSR count). The fourth-order valence-corrected chi connectivity index (χ4v) is 1.50. The summed E-state index contributed by atoms with van der Waals surface area (Å²) < 4.78 is 0. The Labute approximate surface area is 82.7 Å². The van der Waals surface area contributed by atoms with Crippen molar-refractivity contribution in [1.29, 1.82) is 0 Å². The van der Waals surface area contributed by atoms with Crippen molar-refractivity contribution >= 4 is 11.9 Å². The van der Waals surface area contributed by atoms with Crippen LogP contribution in [0.4, 0.5) is 0 Å². The zero-order valence-electron chi connectivity index (χ0n) is 8.08. The van der Waals surface area contributed by atoms with Gasteiger partial charge in [-0.2, -0.15) is 0 Å². The molecule has 5 nitrogen and oxygen atoms in total. The number of aliphatic carboxylic acids is 1. The maximum Gasteiger partial charge on any atom is 0.305 e. The molecule has 0 aromatic heterocycles. The SMILES string of the molecule is NC1(CC(=O)NCCC(=O)O)CCC1. The van der Waals surface area contributed by atoms with Gasteiger partial charge in [-0.25, -0.2) is 0 Å². The molecule has 1 amide bonds. The highest BCUT2D eigenvalue weighted by molar-refractivity contribution is 5.78. The van der Waals surface area contributed by atoms with Crippen molar-refractivity contribution in [1.82, 2.24) is 5.32 Å². The number of nitrogens with one attached hydrogen (secondary N) is 1. The fraction of sp³-hybridized carbons (Fsp3) is 0.778. The molecule has 14 heavy (non-hydrogen) atoms. The number of nitrogens with two attached hydrogens (primary N) is 1. The van der Waals surface area contributed by atoms with E-state index < -0.39 is 5.97 Å². The zero-order chi connectivity index (χ0) is 10.6. The van der Waals surface area contributed by atoms with Crippen molar-refractivity contribution in [2.45, 2.75) is 37.6 Å². The maximum atomic E-state index is 11.2. The van der Waals surface area contributed by atoms with Crippen LogP contribution in [0.1, 0.15) is 32.1 Å². The van der Waals surface area contributed by atoms with E-state index in [-0.39, 0.29) is 24.4 Å². The van der Waals surface area contributed by atoms with E-state index in [2.05, 4.69) is 5.32 Å². The molecular weight excluding hydrogens is 184 g/mol. The molecule has 1 aliphatic carbocycles. The Hall–Kier alpha value is -1.10. The van der Waals surface area contributed by atoms with Crippen LogP contribution in [0, 0.1) is 0 Å². The van der Waals surface area contributed by atoms with Crippen molar-refractivity contribution in [2.75, 3.05) is 6.54 Å². The second-order valence-electron chi connectivity index (χ2n) is 3.89. The largest absolute Gasteiger partial charge is 0.481 e. The highest BCUT2D eigenvalue weighted by atomic mass is 16.4. The normalized spacial score (nSPS) is 18.4. The van der Waals surface area contributed by atoms with Gasteiger partial charge in [0.15, 0.2) is 0 Å². The second-order valence-corrected chi connectivity index (χ2v) is 3.89. The molecule has 1 fully saturated rings. The minimum absolute atomic E-state index is 0.0384. The number of amides is 1. The van der Waals surface area contributed by atoms with Crippen LogP contribution in [0.3, 0.4) is 0 Å². The predicted octanol–water partition coefficient (Wildman–Crippen LogP) is -0.151. The molecule has 0 heterocycles. The minimum atomic E-state index is -0.906. The monoisotopic (exact) mass is 200 g/mol. The van der Waals surface area contributed by atoms with E-state index in [1.807, 2.05) is 0 Å². The van der Waals surface area contributed by atoms with Crippen LogP contribution in [0.25, 0.3) is 0 Å². The topological polar surface area (TPSA) is 92.4 Å². The molecule has 0 bridgehead atoms. The average Bonchev–Trinajstić information content (AvgIpc) is 2.00. The Morgan fingerprint density at radius 2 is 2.07 bits per heavy atom. The van der Waals surface area contributed by atoms with Gasteiger partial charge in [0.2, 0.25) is 5.91 Å². The third-order valence-electron chi connectivity index (χ3n) is 2.52. The summed E-state index contributed by atoms with van der Waals surface area (Å²) in [5.41, 5.74) is 5.53. The molecule has 4 N–H and O–H groups in total. The van der Waals surface area contributed by atoms with Crippen LogP contribution in [0.15, 0.2) is 0 Å². The smallest absolute Gasteiger partial charge is 0.305 e. The molecule has 1 aliphatic rings. The predicted molar refractivity (Wildman–Crippen MR) is 50.6 cm³/mol. The summed E-state index contributed by atoms with van der Waals surface area (Å²) >= 11 is 0. The Morgan fingerprint density at radius 3 is 2.50 bits per heavy atom. The number of hydrogen-bond donors (Lipinski definition) is 3. The van der Waals surface area contributed by atoms with E-state index in [0.717, 1.165) is 19.3 Å². The fourth-order valence-electron chi connectivity index (χ4n) is 1.50. The number of carboxylic acid groups (broad SMARTS) is 1. The third-order valence-corrected chi connectivity index (χ3v) is 2.52. The van der Waals surface area contributed by atoms with Gasteiger partial charge in [-0.3, -0.25) is 9.59 Å². The van der Waals surface area contributed by atoms with Crippen molar-refractivity contribution in [3.8, 4) is 0 Å². The van der Waals surface area contributed by atoms with Gasteiger partial charge in [0.25, 0.3) is 0 Å². The Bertz CT molecular complexity index is 236. The van der Waals surface area contributed by atoms with Gasteiger partial charge in [0.1, 0.15) is 0 Å². The van der Waals surface area contributed by atoms with Gasteiger partial charge in [-0.05, 0) is 19.3 Å². The zero-order valence-corrected chi connectivity index (χ0v) is 8.08. The van der Waals surface area contributed by atoms with Gasteiger partial charge in [-0.15, -0.1) is 0 Å². The molecule has 0 aromatic carbocycles. The first-order chi connectivity index (χ1) is 6.52. The van der Waals surface area contributed by atoms with Crippen LogP contribution in [0.2, 0.25) is 0 Å². The van der Waals surface area contributed by atoms with Crippen molar-refractivity contribution in [2.24, 2.45) is 5.73 Å². The Morgan fingerprint density at radius 1 is 1.43 bits per heavy atom. The van der Waals surface area contributed by atoms with E-state index in [4.69, 9.17) is 10.8 Å². The molecule has 80 valence electrons. The van der Waals surface area contributed by atoms with E-state index in [9.17, 15) is 9.59 Å². The molecule has 0 radical (unpaired) electrons. The second kappa shape index (κ2) is 4.41. The molecule has 0 aromatic rings. The van der Waals surface area contributed by atoms with Crippen LogP contribution in [-0.2, 0) is 9.59 Å². The molecular formula is C9H16N2O3. The van der Waals surface area contributed by atoms with Crippen LogP contribution < -0.4 is 11.1 Å². The van der Waals surface area contributed by atoms with Gasteiger partial charge >= 0.3 is 5.97 Å². The van der Waals surface area contributed by atoms with E-state index in [1.165, 1.54) is 0 Å². The summed E-state index contributed by atoms with van der Waals surface area (Å²) in [4.78, 5) is 21.4. The average molecular weight is 200 g/mol. The molecule has 0 atom stereocenters. The highest BCUT2D eigenvalue weighted by Gasteiger charge is 2.34. The van der Waals surface area contributed by atoms with E-state index in [0.29, 0.717) is 6.42 Å². The number of rotatable bonds is 5. The van der Waals surface area contributed by atoms with Crippen molar-refractivity contribution in [3.05, 3.63) is 0 Å². The Kier molecular flexibility index (Phi) is 3.46. The lowest BCUT2D eigenvalue weighted by Crippen LogP contribution is -2.50. The number of carbonyl (C=O) groups excluding carboxylic acids is 1. The van der Waals surface area contributed by atoms with Gasteiger partial charge < -0.3 is 16.2 Å². The highest BCUT2D eigenvalue weighted by Crippen LogP contribution is 2.31. The van der Waals surface area contributed by atoms with Gasteiger partial charge in [0, 0.05) is 18.5 Å². The number of carboxylic acids is 1. The van der Waals surface area contributed by atoms with Gasteiger partial charge in [0.05, 0.1) is 6.42 Å². The molecule has 0 unspecified atom stereocenters. The molecule has 0 aliphatic heterocycles. The summed E-state index contributed by atoms with van der Waals surface area (Å²) in [6.45, 7) is 0.185. The van der Waals surface area contributed by atoms with E-state index in [1.54, 1.807) is 0 Å². The lowest BCUT2D eigenvalue weighted by Gasteiger charge is -2.37. The Balaban J connectivity index is 2.13. The maximum absolute atomic E-state index is 11.2. The molecule has 1 saturated carbocycles.